The summed E-state index contributed by atoms with van der Waals surface area (Å²) in [6.07, 6.45) is 10.9. The minimum atomic E-state index is -0.775. The summed E-state index contributed by atoms with van der Waals surface area (Å²) in [5, 5.41) is 9.85. The van der Waals surface area contributed by atoms with Gasteiger partial charge in [0.2, 0.25) is 0 Å². The zero-order valence-electron chi connectivity index (χ0n) is 15.1. The van der Waals surface area contributed by atoms with Crippen molar-refractivity contribution in [2.75, 3.05) is 0 Å². The van der Waals surface area contributed by atoms with Crippen LogP contribution in [-0.2, 0) is 4.79 Å². The molecule has 0 amide bonds. The third-order valence-corrected chi connectivity index (χ3v) is 4.05. The molecular weight excluding hydrogens is 272 g/mol. The number of Topliss-reactive ketones (excluding diaryl/α,β-unsaturated/α-hetero) is 1. The summed E-state index contributed by atoms with van der Waals surface area (Å²) in [4.78, 5) is 11.9. The van der Waals surface area contributed by atoms with Crippen LogP contribution in [0.25, 0.3) is 0 Å². The third kappa shape index (κ3) is 10.6. The van der Waals surface area contributed by atoms with Gasteiger partial charge >= 0.3 is 0 Å². The van der Waals surface area contributed by atoms with Gasteiger partial charge in [-0.05, 0) is 59.8 Å². The van der Waals surface area contributed by atoms with Crippen LogP contribution in [0.3, 0.4) is 0 Å². The summed E-state index contributed by atoms with van der Waals surface area (Å²) >= 11 is 0. The van der Waals surface area contributed by atoms with Crippen LogP contribution >= 0.6 is 0 Å². The van der Waals surface area contributed by atoms with E-state index >= 15 is 0 Å². The molecule has 1 N–H and O–H groups in total. The van der Waals surface area contributed by atoms with E-state index in [0.29, 0.717) is 18.6 Å². The smallest absolute Gasteiger partial charge is 0.139 e. The van der Waals surface area contributed by atoms with Gasteiger partial charge in [-0.1, -0.05) is 36.3 Å². The summed E-state index contributed by atoms with van der Waals surface area (Å²) in [6.45, 7) is 13.6. The van der Waals surface area contributed by atoms with E-state index in [-0.39, 0.29) is 5.92 Å². The largest absolute Gasteiger partial charge is 0.386 e. The van der Waals surface area contributed by atoms with Crippen LogP contribution in [0, 0.1) is 5.92 Å². The lowest BCUT2D eigenvalue weighted by Crippen LogP contribution is -2.19. The molecule has 2 nitrogen and oxygen atoms in total. The zero-order chi connectivity index (χ0) is 17.2. The van der Waals surface area contributed by atoms with Gasteiger partial charge in [-0.2, -0.15) is 0 Å². The molecule has 22 heavy (non-hydrogen) atoms. The monoisotopic (exact) mass is 306 g/mol. The number of rotatable bonds is 11. The predicted molar refractivity (Wildman–Crippen MR) is 95.9 cm³/mol. The highest BCUT2D eigenvalue weighted by molar-refractivity contribution is 5.82. The molecule has 0 aromatic heterocycles. The summed E-state index contributed by atoms with van der Waals surface area (Å²) in [5.74, 6) is 0.481. The number of hydrogen-bond donors (Lipinski definition) is 1. The Balaban J connectivity index is 4.01. The molecule has 0 aliphatic rings. The number of aliphatic hydroxyl groups is 1. The summed E-state index contributed by atoms with van der Waals surface area (Å²) < 4.78 is 0. The Morgan fingerprint density at radius 1 is 1.27 bits per heavy atom. The first kappa shape index (κ1) is 20.9. The fourth-order valence-electron chi connectivity index (χ4n) is 2.17. The second-order valence-corrected chi connectivity index (χ2v) is 6.90. The Morgan fingerprint density at radius 2 is 1.91 bits per heavy atom. The average Bonchev–Trinajstić information content (AvgIpc) is 2.44. The molecule has 0 aliphatic heterocycles. The van der Waals surface area contributed by atoms with Crippen molar-refractivity contribution in [3.63, 3.8) is 0 Å². The van der Waals surface area contributed by atoms with Crippen LogP contribution in [0.1, 0.15) is 73.1 Å². The van der Waals surface area contributed by atoms with Crippen molar-refractivity contribution in [2.24, 2.45) is 5.92 Å². The van der Waals surface area contributed by atoms with Crippen molar-refractivity contribution >= 4 is 5.78 Å². The van der Waals surface area contributed by atoms with Crippen molar-refractivity contribution in [1.82, 2.24) is 0 Å². The molecule has 2 atom stereocenters. The predicted octanol–water partition coefficient (Wildman–Crippen LogP) is 5.38. The summed E-state index contributed by atoms with van der Waals surface area (Å²) in [6, 6.07) is 0. The van der Waals surface area contributed by atoms with E-state index in [9.17, 15) is 9.90 Å². The number of carbonyl (C=O) groups excluding carboxylic acids is 1. The summed E-state index contributed by atoms with van der Waals surface area (Å²) in [7, 11) is 0. The van der Waals surface area contributed by atoms with Gasteiger partial charge in [0.15, 0.2) is 0 Å². The van der Waals surface area contributed by atoms with E-state index in [2.05, 4.69) is 19.6 Å². The number of ketones is 1. The van der Waals surface area contributed by atoms with Crippen molar-refractivity contribution < 1.29 is 9.90 Å². The molecule has 0 fully saturated rings. The Morgan fingerprint density at radius 3 is 2.45 bits per heavy atom. The second kappa shape index (κ2) is 10.6. The highest BCUT2D eigenvalue weighted by Gasteiger charge is 2.13. The van der Waals surface area contributed by atoms with Crippen molar-refractivity contribution in [3.8, 4) is 0 Å². The topological polar surface area (TPSA) is 37.3 Å². The van der Waals surface area contributed by atoms with Gasteiger partial charge in [-0.15, -0.1) is 6.58 Å². The standard InChI is InChI=1S/C20H34O2/c1-7-20(6,22)15-9-11-17(4)10-8-12-18(5)19(21)14-13-16(2)3/h7,11,13,18,22H,1,8-10,12,14-15H2,2-6H3/b17-11+/t18-,20+/m0/s1. The molecule has 0 unspecified atom stereocenters. The minimum absolute atomic E-state index is 0.143. The molecule has 0 saturated carbocycles. The Labute approximate surface area is 137 Å². The first-order valence-corrected chi connectivity index (χ1v) is 8.35. The molecule has 0 bridgehead atoms. The quantitative estimate of drug-likeness (QED) is 0.520. The Hall–Kier alpha value is -1.15. The molecule has 0 aliphatic carbocycles. The lowest BCUT2D eigenvalue weighted by atomic mass is 9.95. The van der Waals surface area contributed by atoms with E-state index < -0.39 is 5.60 Å². The van der Waals surface area contributed by atoms with Gasteiger partial charge in [-0.3, -0.25) is 4.79 Å². The highest BCUT2D eigenvalue weighted by Crippen LogP contribution is 2.18. The van der Waals surface area contributed by atoms with E-state index in [1.807, 2.05) is 26.8 Å². The maximum absolute atomic E-state index is 11.9. The van der Waals surface area contributed by atoms with Gasteiger partial charge in [0.25, 0.3) is 0 Å². The van der Waals surface area contributed by atoms with E-state index in [1.54, 1.807) is 13.0 Å². The molecule has 0 radical (unpaired) electrons. The summed E-state index contributed by atoms with van der Waals surface area (Å²) in [5.41, 5.74) is 1.77. The first-order valence-electron chi connectivity index (χ1n) is 8.35. The van der Waals surface area contributed by atoms with Gasteiger partial charge in [0.1, 0.15) is 5.78 Å². The van der Waals surface area contributed by atoms with Gasteiger partial charge in [0.05, 0.1) is 5.60 Å². The minimum Gasteiger partial charge on any atom is -0.386 e. The van der Waals surface area contributed by atoms with Crippen molar-refractivity contribution in [2.45, 2.75) is 78.7 Å². The molecule has 0 saturated heterocycles. The fourth-order valence-corrected chi connectivity index (χ4v) is 2.17. The van der Waals surface area contributed by atoms with Gasteiger partial charge in [0, 0.05) is 12.3 Å². The molecule has 0 heterocycles. The second-order valence-electron chi connectivity index (χ2n) is 6.90. The van der Waals surface area contributed by atoms with Crippen LogP contribution in [0.5, 0.6) is 0 Å². The number of allylic oxidation sites excluding steroid dienone is 4. The fraction of sp³-hybridized carbons (Fsp3) is 0.650. The lowest BCUT2D eigenvalue weighted by molar-refractivity contribution is -0.121. The molecule has 0 aromatic carbocycles. The third-order valence-electron chi connectivity index (χ3n) is 4.05. The van der Waals surface area contributed by atoms with E-state index in [1.165, 1.54) is 11.1 Å². The molecule has 126 valence electrons. The Bertz CT molecular complexity index is 409. The maximum Gasteiger partial charge on any atom is 0.139 e. The van der Waals surface area contributed by atoms with Crippen LogP contribution in [0.4, 0.5) is 0 Å². The molecule has 0 aromatic rings. The highest BCUT2D eigenvalue weighted by atomic mass is 16.3. The van der Waals surface area contributed by atoms with Crippen LogP contribution in [-0.4, -0.2) is 16.5 Å². The van der Waals surface area contributed by atoms with Gasteiger partial charge < -0.3 is 5.11 Å². The zero-order valence-corrected chi connectivity index (χ0v) is 15.1. The maximum atomic E-state index is 11.9. The van der Waals surface area contributed by atoms with E-state index in [4.69, 9.17) is 0 Å². The molecule has 0 rings (SSSR count). The van der Waals surface area contributed by atoms with Crippen LogP contribution < -0.4 is 0 Å². The normalized spacial score (nSPS) is 15.8. The number of carbonyl (C=O) groups is 1. The lowest BCUT2D eigenvalue weighted by Gasteiger charge is -2.17. The van der Waals surface area contributed by atoms with Crippen LogP contribution in [0.15, 0.2) is 36.0 Å². The molecule has 0 spiro atoms. The first-order chi connectivity index (χ1) is 10.2. The number of hydrogen-bond acceptors (Lipinski definition) is 2. The SMILES string of the molecule is C=C[C@@](C)(O)CC/C=C(\C)CCC[C@H](C)C(=O)CC=C(C)C. The molecular formula is C20H34O2. The van der Waals surface area contributed by atoms with Crippen LogP contribution in [0.2, 0.25) is 0 Å². The Kier molecular flexibility index (Phi) is 10.0. The average molecular weight is 306 g/mol. The van der Waals surface area contributed by atoms with E-state index in [0.717, 1.165) is 25.7 Å². The van der Waals surface area contributed by atoms with Crippen molar-refractivity contribution in [3.05, 3.63) is 36.0 Å². The van der Waals surface area contributed by atoms with Crippen molar-refractivity contribution in [1.29, 1.82) is 0 Å². The van der Waals surface area contributed by atoms with Gasteiger partial charge in [-0.25, -0.2) is 0 Å². The molecule has 2 heteroatoms.